The first-order valence-corrected chi connectivity index (χ1v) is 7.05. The Morgan fingerprint density at radius 1 is 1.29 bits per heavy atom. The van der Waals surface area contributed by atoms with E-state index in [-0.39, 0.29) is 17.5 Å². The molecule has 0 aromatic carbocycles. The van der Waals surface area contributed by atoms with Crippen LogP contribution in [0.25, 0.3) is 0 Å². The number of rotatable bonds is 5. The highest BCUT2D eigenvalue weighted by Gasteiger charge is 2.27. The first kappa shape index (κ1) is 15.1. The number of piperidine rings is 1. The summed E-state index contributed by atoms with van der Waals surface area (Å²) in [5.41, 5.74) is -4.09. The van der Waals surface area contributed by atoms with Crippen LogP contribution in [0.5, 0.6) is 0 Å². The zero-order valence-corrected chi connectivity index (χ0v) is 11.2. The quantitative estimate of drug-likeness (QED) is 0.773. The standard InChI is InChI=1S/C11H21F3N2S/c1-9(2)16-6-3-10(4-7-16)15-5-8-17-11(12,13)14/h9-10,15H,3-8H2,1-2H3. The first-order chi connectivity index (χ1) is 7.88. The van der Waals surface area contributed by atoms with E-state index in [1.54, 1.807) is 0 Å². The predicted molar refractivity (Wildman–Crippen MR) is 66.2 cm³/mol. The predicted octanol–water partition coefficient (Wildman–Crippen LogP) is 2.70. The summed E-state index contributed by atoms with van der Waals surface area (Å²) in [5.74, 6) is 0.105. The van der Waals surface area contributed by atoms with Crippen LogP contribution >= 0.6 is 11.8 Å². The number of nitrogens with one attached hydrogen (secondary N) is 1. The molecule has 0 bridgehead atoms. The average molecular weight is 270 g/mol. The SMILES string of the molecule is CC(C)N1CCC(NCCSC(F)(F)F)CC1. The van der Waals surface area contributed by atoms with Crippen LogP contribution in [0, 0.1) is 0 Å². The van der Waals surface area contributed by atoms with Crippen LogP contribution in [-0.4, -0.2) is 47.9 Å². The molecule has 1 N–H and O–H groups in total. The van der Waals surface area contributed by atoms with Gasteiger partial charge >= 0.3 is 5.51 Å². The Morgan fingerprint density at radius 3 is 2.35 bits per heavy atom. The highest BCUT2D eigenvalue weighted by molar-refractivity contribution is 8.00. The third-order valence-electron chi connectivity index (χ3n) is 3.06. The van der Waals surface area contributed by atoms with Crippen LogP contribution in [0.15, 0.2) is 0 Å². The molecule has 6 heteroatoms. The summed E-state index contributed by atoms with van der Waals surface area (Å²) in [4.78, 5) is 2.41. The van der Waals surface area contributed by atoms with E-state index in [4.69, 9.17) is 0 Å². The maximum atomic E-state index is 11.9. The van der Waals surface area contributed by atoms with Crippen LogP contribution in [-0.2, 0) is 0 Å². The van der Waals surface area contributed by atoms with Crippen molar-refractivity contribution in [1.29, 1.82) is 0 Å². The zero-order valence-electron chi connectivity index (χ0n) is 10.4. The molecule has 0 atom stereocenters. The van der Waals surface area contributed by atoms with Crippen LogP contribution in [0.2, 0.25) is 0 Å². The molecule has 2 nitrogen and oxygen atoms in total. The molecular weight excluding hydrogens is 249 g/mol. The molecule has 0 aliphatic carbocycles. The van der Waals surface area contributed by atoms with Crippen molar-refractivity contribution in [3.05, 3.63) is 0 Å². The lowest BCUT2D eigenvalue weighted by Gasteiger charge is -2.35. The molecule has 0 saturated carbocycles. The second-order valence-corrected chi connectivity index (χ2v) is 5.81. The van der Waals surface area contributed by atoms with Gasteiger partial charge in [-0.2, -0.15) is 13.2 Å². The van der Waals surface area contributed by atoms with Crippen molar-refractivity contribution < 1.29 is 13.2 Å². The normalized spacial score (nSPS) is 20.1. The minimum Gasteiger partial charge on any atom is -0.313 e. The van der Waals surface area contributed by atoms with Crippen molar-refractivity contribution >= 4 is 11.8 Å². The van der Waals surface area contributed by atoms with Crippen LogP contribution in [0.3, 0.4) is 0 Å². The highest BCUT2D eigenvalue weighted by atomic mass is 32.2. The summed E-state index contributed by atoms with van der Waals surface area (Å²) in [6.07, 6.45) is 2.07. The van der Waals surface area contributed by atoms with Gasteiger partial charge in [-0.3, -0.25) is 0 Å². The van der Waals surface area contributed by atoms with Crippen molar-refractivity contribution in [3.63, 3.8) is 0 Å². The monoisotopic (exact) mass is 270 g/mol. The van der Waals surface area contributed by atoms with Crippen LogP contribution < -0.4 is 5.32 Å². The molecule has 1 saturated heterocycles. The number of nitrogens with zero attached hydrogens (tertiary/aromatic N) is 1. The summed E-state index contributed by atoms with van der Waals surface area (Å²) >= 11 is 0.0547. The molecule has 0 unspecified atom stereocenters. The summed E-state index contributed by atoms with van der Waals surface area (Å²) in [7, 11) is 0. The van der Waals surface area contributed by atoms with Crippen molar-refractivity contribution in [2.24, 2.45) is 0 Å². The van der Waals surface area contributed by atoms with Crippen molar-refractivity contribution in [2.75, 3.05) is 25.4 Å². The molecule has 1 rings (SSSR count). The van der Waals surface area contributed by atoms with Crippen molar-refractivity contribution in [3.8, 4) is 0 Å². The number of alkyl halides is 3. The summed E-state index contributed by atoms with van der Waals surface area (Å²) in [6, 6.07) is 0.954. The van der Waals surface area contributed by atoms with Crippen molar-refractivity contribution in [2.45, 2.75) is 44.3 Å². The Bertz CT molecular complexity index is 213. The summed E-state index contributed by atoms with van der Waals surface area (Å²) in [6.45, 7) is 6.88. The fourth-order valence-electron chi connectivity index (χ4n) is 2.05. The van der Waals surface area contributed by atoms with Gasteiger partial charge in [0.1, 0.15) is 0 Å². The van der Waals surface area contributed by atoms with E-state index in [2.05, 4.69) is 24.1 Å². The fourth-order valence-corrected chi connectivity index (χ4v) is 2.50. The second-order valence-electron chi connectivity index (χ2n) is 4.65. The Balaban J connectivity index is 2.07. The highest BCUT2D eigenvalue weighted by Crippen LogP contribution is 2.29. The third-order valence-corrected chi connectivity index (χ3v) is 3.80. The molecule has 0 aromatic rings. The lowest BCUT2D eigenvalue weighted by Crippen LogP contribution is -2.45. The summed E-state index contributed by atoms with van der Waals surface area (Å²) < 4.78 is 35.7. The van der Waals surface area contributed by atoms with Crippen LogP contribution in [0.4, 0.5) is 13.2 Å². The molecule has 0 amide bonds. The largest absolute Gasteiger partial charge is 0.441 e. The number of halogens is 3. The third kappa shape index (κ3) is 6.52. The van der Waals surface area contributed by atoms with E-state index in [1.165, 1.54) is 0 Å². The van der Waals surface area contributed by atoms with E-state index >= 15 is 0 Å². The van der Waals surface area contributed by atoms with Gasteiger partial charge in [0.2, 0.25) is 0 Å². The Labute approximate surface area is 105 Å². The topological polar surface area (TPSA) is 15.3 Å². The lowest BCUT2D eigenvalue weighted by molar-refractivity contribution is -0.0327. The minimum atomic E-state index is -4.09. The smallest absolute Gasteiger partial charge is 0.313 e. The second kappa shape index (κ2) is 6.85. The minimum absolute atomic E-state index is 0.0547. The van der Waals surface area contributed by atoms with Gasteiger partial charge < -0.3 is 10.2 Å². The molecule has 102 valence electrons. The molecule has 17 heavy (non-hydrogen) atoms. The number of thioether (sulfide) groups is 1. The molecule has 1 fully saturated rings. The fraction of sp³-hybridized carbons (Fsp3) is 1.00. The van der Waals surface area contributed by atoms with E-state index < -0.39 is 5.51 Å². The number of likely N-dealkylation sites (tertiary alicyclic amines) is 1. The Kier molecular flexibility index (Phi) is 6.09. The zero-order chi connectivity index (χ0) is 12.9. The molecular formula is C11H21F3N2S. The number of hydrogen-bond acceptors (Lipinski definition) is 3. The summed E-state index contributed by atoms with van der Waals surface area (Å²) in [5, 5.41) is 3.21. The molecule has 1 heterocycles. The van der Waals surface area contributed by atoms with E-state index in [0.717, 1.165) is 25.9 Å². The maximum Gasteiger partial charge on any atom is 0.441 e. The Hall–Kier alpha value is 0.0600. The van der Waals surface area contributed by atoms with E-state index in [9.17, 15) is 13.2 Å². The molecule has 1 aliphatic heterocycles. The lowest BCUT2D eigenvalue weighted by atomic mass is 10.0. The first-order valence-electron chi connectivity index (χ1n) is 6.06. The van der Waals surface area contributed by atoms with Gasteiger partial charge in [-0.05, 0) is 51.5 Å². The average Bonchev–Trinajstić information content (AvgIpc) is 2.24. The number of hydrogen-bond donors (Lipinski definition) is 1. The van der Waals surface area contributed by atoms with Gasteiger partial charge in [0.25, 0.3) is 0 Å². The molecule has 0 radical (unpaired) electrons. The van der Waals surface area contributed by atoms with E-state index in [1.807, 2.05) is 0 Å². The van der Waals surface area contributed by atoms with Gasteiger partial charge in [0, 0.05) is 24.4 Å². The maximum absolute atomic E-state index is 11.9. The van der Waals surface area contributed by atoms with Crippen molar-refractivity contribution in [1.82, 2.24) is 10.2 Å². The van der Waals surface area contributed by atoms with Gasteiger partial charge in [-0.1, -0.05) is 0 Å². The molecule has 1 aliphatic rings. The van der Waals surface area contributed by atoms with Gasteiger partial charge in [0.05, 0.1) is 0 Å². The van der Waals surface area contributed by atoms with Gasteiger partial charge in [-0.15, -0.1) is 0 Å². The van der Waals surface area contributed by atoms with Gasteiger partial charge in [-0.25, -0.2) is 0 Å². The molecule has 0 spiro atoms. The van der Waals surface area contributed by atoms with E-state index in [0.29, 0.717) is 18.6 Å². The van der Waals surface area contributed by atoms with Crippen LogP contribution in [0.1, 0.15) is 26.7 Å². The molecule has 0 aromatic heterocycles. The Morgan fingerprint density at radius 2 is 1.88 bits per heavy atom. The van der Waals surface area contributed by atoms with Gasteiger partial charge in [0.15, 0.2) is 0 Å².